The Labute approximate surface area is 160 Å². The van der Waals surface area contributed by atoms with Gasteiger partial charge in [0, 0.05) is 18.1 Å². The predicted octanol–water partition coefficient (Wildman–Crippen LogP) is 3.01. The van der Waals surface area contributed by atoms with Gasteiger partial charge < -0.3 is 0 Å². The van der Waals surface area contributed by atoms with Crippen molar-refractivity contribution in [1.82, 2.24) is 10.0 Å². The number of halogens is 2. The molecule has 3 heterocycles. The van der Waals surface area contributed by atoms with Crippen molar-refractivity contribution >= 4 is 29.1 Å². The second-order valence-electron chi connectivity index (χ2n) is 7.14. The lowest BCUT2D eigenvalue weighted by Crippen LogP contribution is -2.44. The Kier molecular flexibility index (Phi) is 3.82. The fourth-order valence-corrected chi connectivity index (χ4v) is 4.74. The maximum atomic E-state index is 13.3. The van der Waals surface area contributed by atoms with Crippen LogP contribution in [0, 0.1) is 11.7 Å². The monoisotopic (exact) mass is 385 g/mol. The molecule has 0 aromatic heterocycles. The average molecular weight is 386 g/mol. The fourth-order valence-electron chi connectivity index (χ4n) is 4.62. The van der Waals surface area contributed by atoms with Gasteiger partial charge in [-0.15, -0.1) is 0 Å². The Morgan fingerprint density at radius 2 is 1.48 bits per heavy atom. The first-order valence-corrected chi connectivity index (χ1v) is 9.36. The smallest absolute Gasteiger partial charge is 0.253 e. The van der Waals surface area contributed by atoms with E-state index in [4.69, 9.17) is 11.6 Å². The van der Waals surface area contributed by atoms with Crippen molar-refractivity contribution in [3.63, 3.8) is 0 Å². The van der Waals surface area contributed by atoms with Crippen molar-refractivity contribution in [1.29, 1.82) is 0 Å². The largest absolute Gasteiger partial charge is 0.274 e. The Bertz CT molecular complexity index is 918. The lowest BCUT2D eigenvalue weighted by molar-refractivity contribution is -0.126. The van der Waals surface area contributed by atoms with E-state index in [1.165, 1.54) is 29.2 Å². The van der Waals surface area contributed by atoms with Crippen LogP contribution in [0.25, 0.3) is 0 Å². The normalized spacial score (nSPS) is 28.1. The van der Waals surface area contributed by atoms with E-state index in [0.29, 0.717) is 10.7 Å². The molecule has 0 saturated carbocycles. The maximum absolute atomic E-state index is 13.3. The van der Waals surface area contributed by atoms with Gasteiger partial charge in [0.15, 0.2) is 0 Å². The molecular weight excluding hydrogens is 369 g/mol. The molecule has 2 amide bonds. The molecule has 0 aliphatic carbocycles. The molecular formula is C20H17ClFN3O2. The maximum Gasteiger partial charge on any atom is 0.253 e. The minimum atomic E-state index is -0.509. The van der Waals surface area contributed by atoms with Gasteiger partial charge in [0.25, 0.3) is 5.91 Å². The minimum Gasteiger partial charge on any atom is -0.274 e. The van der Waals surface area contributed by atoms with E-state index in [-0.39, 0.29) is 17.9 Å². The molecule has 0 bridgehead atoms. The highest BCUT2D eigenvalue weighted by atomic mass is 35.5. The number of carbonyl (C=O) groups excluding carboxylic acids is 2. The highest BCUT2D eigenvalue weighted by Gasteiger charge is 2.62. The molecule has 0 radical (unpaired) electrons. The third-order valence-electron chi connectivity index (χ3n) is 5.70. The Hall–Kier alpha value is -2.28. The number of fused-ring (bicyclic) bond motifs is 3. The number of nitrogens with zero attached hydrogens (tertiary/aromatic N) is 3. The standard InChI is InChI=1S/C20H17ClFN3O2/c21-13-4-2-12(3-5-13)17-16-18(24-11-1-10-23(17)24)20(27)25(19(16)26)15-8-6-14(22)7-9-15/h2-9,16-18H,1,10-11H2/t16-,17+,18-/m0/s1. The van der Waals surface area contributed by atoms with Crippen molar-refractivity contribution in [2.45, 2.75) is 18.5 Å². The van der Waals surface area contributed by atoms with Crippen LogP contribution in [0.3, 0.4) is 0 Å². The summed E-state index contributed by atoms with van der Waals surface area (Å²) in [5, 5.41) is 4.82. The van der Waals surface area contributed by atoms with Gasteiger partial charge in [-0.25, -0.2) is 19.3 Å². The molecule has 3 aliphatic heterocycles. The average Bonchev–Trinajstić information content (AvgIpc) is 3.30. The van der Waals surface area contributed by atoms with Gasteiger partial charge in [-0.3, -0.25) is 9.59 Å². The first-order chi connectivity index (χ1) is 13.1. The number of rotatable bonds is 2. The Balaban J connectivity index is 1.57. The molecule has 138 valence electrons. The summed E-state index contributed by atoms with van der Waals surface area (Å²) in [6, 6.07) is 12.2. The van der Waals surface area contributed by atoms with Crippen molar-refractivity contribution in [3.8, 4) is 0 Å². The van der Waals surface area contributed by atoms with E-state index >= 15 is 0 Å². The van der Waals surface area contributed by atoms with Gasteiger partial charge in [-0.1, -0.05) is 23.7 Å². The third kappa shape index (κ3) is 2.44. The van der Waals surface area contributed by atoms with E-state index in [1.807, 2.05) is 29.3 Å². The van der Waals surface area contributed by atoms with Crippen LogP contribution in [0.1, 0.15) is 18.0 Å². The topological polar surface area (TPSA) is 43.9 Å². The first-order valence-electron chi connectivity index (χ1n) is 8.98. The van der Waals surface area contributed by atoms with E-state index in [0.717, 1.165) is 25.1 Å². The Morgan fingerprint density at radius 3 is 2.15 bits per heavy atom. The Morgan fingerprint density at radius 1 is 0.852 bits per heavy atom. The molecule has 2 aromatic carbocycles. The van der Waals surface area contributed by atoms with E-state index in [1.54, 1.807) is 0 Å². The number of imide groups is 1. The van der Waals surface area contributed by atoms with Crippen molar-refractivity contribution < 1.29 is 14.0 Å². The zero-order chi connectivity index (χ0) is 18.7. The third-order valence-corrected chi connectivity index (χ3v) is 5.95. The van der Waals surface area contributed by atoms with Crippen LogP contribution in [0.4, 0.5) is 10.1 Å². The quantitative estimate of drug-likeness (QED) is 0.745. The van der Waals surface area contributed by atoms with Gasteiger partial charge in [-0.05, 0) is 48.4 Å². The molecule has 27 heavy (non-hydrogen) atoms. The van der Waals surface area contributed by atoms with Gasteiger partial charge in [0.05, 0.1) is 17.6 Å². The second kappa shape index (κ2) is 6.12. The van der Waals surface area contributed by atoms with Crippen LogP contribution in [0.5, 0.6) is 0 Å². The number of hydrazine groups is 1. The molecule has 3 atom stereocenters. The summed E-state index contributed by atoms with van der Waals surface area (Å²) in [5.74, 6) is -1.35. The van der Waals surface area contributed by atoms with Crippen LogP contribution < -0.4 is 4.90 Å². The van der Waals surface area contributed by atoms with E-state index in [9.17, 15) is 14.0 Å². The number of hydrogen-bond donors (Lipinski definition) is 0. The zero-order valence-corrected chi connectivity index (χ0v) is 15.1. The summed E-state index contributed by atoms with van der Waals surface area (Å²) in [7, 11) is 0. The van der Waals surface area contributed by atoms with Crippen LogP contribution in [-0.4, -0.2) is 41.0 Å². The number of carbonyl (C=O) groups is 2. The van der Waals surface area contributed by atoms with Crippen molar-refractivity contribution in [2.24, 2.45) is 5.92 Å². The molecule has 7 heteroatoms. The molecule has 2 aromatic rings. The molecule has 3 aliphatic rings. The molecule has 3 fully saturated rings. The summed E-state index contributed by atoms with van der Waals surface area (Å²) in [5.41, 5.74) is 1.39. The van der Waals surface area contributed by atoms with Crippen LogP contribution in [0.2, 0.25) is 5.02 Å². The first kappa shape index (κ1) is 16.9. The van der Waals surface area contributed by atoms with Gasteiger partial charge >= 0.3 is 0 Å². The summed E-state index contributed by atoms with van der Waals surface area (Å²) in [4.78, 5) is 27.7. The number of hydrogen-bond acceptors (Lipinski definition) is 4. The predicted molar refractivity (Wildman–Crippen MR) is 98.4 cm³/mol. The summed E-state index contributed by atoms with van der Waals surface area (Å²) >= 11 is 6.02. The van der Waals surface area contributed by atoms with Crippen LogP contribution in [0.15, 0.2) is 48.5 Å². The van der Waals surface area contributed by atoms with Crippen molar-refractivity contribution in [2.75, 3.05) is 18.0 Å². The minimum absolute atomic E-state index is 0.198. The highest BCUT2D eigenvalue weighted by Crippen LogP contribution is 2.48. The lowest BCUT2D eigenvalue weighted by atomic mass is 9.90. The number of anilines is 1. The summed E-state index contributed by atoms with van der Waals surface area (Å²) in [6.07, 6.45) is 0.950. The SMILES string of the molecule is O=C1[C@@H]2[C@@H](C(=O)N1c1ccc(F)cc1)N1CCCN1[C@@H]2c1ccc(Cl)cc1. The van der Waals surface area contributed by atoms with Gasteiger partial charge in [-0.2, -0.15) is 0 Å². The molecule has 5 rings (SSSR count). The van der Waals surface area contributed by atoms with Crippen LogP contribution >= 0.6 is 11.6 Å². The van der Waals surface area contributed by atoms with E-state index in [2.05, 4.69) is 5.01 Å². The molecule has 0 N–H and O–H groups in total. The number of benzene rings is 2. The molecule has 0 spiro atoms. The van der Waals surface area contributed by atoms with Gasteiger partial charge in [0.1, 0.15) is 11.9 Å². The zero-order valence-electron chi connectivity index (χ0n) is 14.4. The summed E-state index contributed by atoms with van der Waals surface area (Å²) in [6.45, 7) is 1.57. The fraction of sp³-hybridized carbons (Fsp3) is 0.300. The molecule has 3 saturated heterocycles. The van der Waals surface area contributed by atoms with Crippen LogP contribution in [-0.2, 0) is 9.59 Å². The number of amides is 2. The molecule has 0 unspecified atom stereocenters. The second-order valence-corrected chi connectivity index (χ2v) is 7.57. The summed E-state index contributed by atoms with van der Waals surface area (Å²) < 4.78 is 13.3. The van der Waals surface area contributed by atoms with E-state index < -0.39 is 17.8 Å². The van der Waals surface area contributed by atoms with Gasteiger partial charge in [0.2, 0.25) is 5.91 Å². The molecule has 5 nitrogen and oxygen atoms in total. The lowest BCUT2D eigenvalue weighted by Gasteiger charge is -2.29. The highest BCUT2D eigenvalue weighted by molar-refractivity contribution is 6.30. The van der Waals surface area contributed by atoms with Crippen molar-refractivity contribution in [3.05, 3.63) is 64.9 Å².